The second kappa shape index (κ2) is 7.31. The van der Waals surface area contributed by atoms with Crippen molar-refractivity contribution < 1.29 is 18.1 Å². The molecule has 2 aromatic carbocycles. The fourth-order valence-electron chi connectivity index (χ4n) is 2.09. The van der Waals surface area contributed by atoms with Gasteiger partial charge in [0.1, 0.15) is 0 Å². The molecule has 0 heterocycles. The minimum atomic E-state index is -3.39. The normalized spacial score (nSPS) is 11.0. The van der Waals surface area contributed by atoms with Crippen LogP contribution in [0.1, 0.15) is 22.8 Å². The fourth-order valence-corrected chi connectivity index (χ4v) is 2.73. The van der Waals surface area contributed by atoms with E-state index in [9.17, 15) is 23.3 Å². The van der Waals surface area contributed by atoms with E-state index in [0.717, 1.165) is 0 Å². The van der Waals surface area contributed by atoms with Gasteiger partial charge in [-0.25, -0.2) is 8.42 Å². The number of hydrogen-bond donors (Lipinski definition) is 2. The Hall–Kier alpha value is -2.94. The topological polar surface area (TPSA) is 118 Å². The van der Waals surface area contributed by atoms with E-state index in [1.54, 1.807) is 13.0 Å². The zero-order valence-corrected chi connectivity index (χ0v) is 14.5. The molecule has 25 heavy (non-hydrogen) atoms. The summed E-state index contributed by atoms with van der Waals surface area (Å²) < 4.78 is 25.4. The number of carbonyl (C=O) groups excluding carboxylic acids is 1. The first-order valence-electron chi connectivity index (χ1n) is 7.39. The number of sulfonamides is 1. The van der Waals surface area contributed by atoms with Gasteiger partial charge >= 0.3 is 0 Å². The number of hydrogen-bond acceptors (Lipinski definition) is 5. The van der Waals surface area contributed by atoms with Crippen LogP contribution in [0.4, 0.5) is 17.1 Å². The van der Waals surface area contributed by atoms with E-state index in [4.69, 9.17) is 0 Å². The molecule has 0 aromatic heterocycles. The number of nitrogens with one attached hydrogen (secondary N) is 2. The Morgan fingerprint density at radius 1 is 1.16 bits per heavy atom. The van der Waals surface area contributed by atoms with Gasteiger partial charge in [0.25, 0.3) is 11.6 Å². The molecule has 1 amide bonds. The van der Waals surface area contributed by atoms with E-state index in [0.29, 0.717) is 22.5 Å². The molecule has 0 fully saturated rings. The van der Waals surface area contributed by atoms with Crippen LogP contribution in [0.15, 0.2) is 42.5 Å². The second-order valence-corrected chi connectivity index (χ2v) is 7.25. The lowest BCUT2D eigenvalue weighted by Gasteiger charge is -2.10. The Kier molecular flexibility index (Phi) is 5.38. The first kappa shape index (κ1) is 18.4. The maximum atomic E-state index is 12.3. The summed E-state index contributed by atoms with van der Waals surface area (Å²) in [5.74, 6) is -0.505. The Bertz CT molecular complexity index is 908. The molecule has 0 saturated carbocycles. The highest BCUT2D eigenvalue weighted by molar-refractivity contribution is 7.92. The summed E-state index contributed by atoms with van der Waals surface area (Å²) in [6.07, 6.45) is 0. The summed E-state index contributed by atoms with van der Waals surface area (Å²) in [7, 11) is -3.39. The van der Waals surface area contributed by atoms with Crippen molar-refractivity contribution in [2.45, 2.75) is 13.8 Å². The number of nitrogens with zero attached hydrogens (tertiary/aromatic N) is 1. The van der Waals surface area contributed by atoms with E-state index in [2.05, 4.69) is 10.0 Å². The van der Waals surface area contributed by atoms with Crippen LogP contribution in [0.2, 0.25) is 0 Å². The maximum absolute atomic E-state index is 12.3. The summed E-state index contributed by atoms with van der Waals surface area (Å²) in [4.78, 5) is 22.7. The van der Waals surface area contributed by atoms with Crippen LogP contribution in [-0.2, 0) is 10.0 Å². The molecule has 132 valence electrons. The largest absolute Gasteiger partial charge is 0.321 e. The summed E-state index contributed by atoms with van der Waals surface area (Å²) >= 11 is 0. The molecule has 0 unspecified atom stereocenters. The molecule has 0 aliphatic carbocycles. The molecule has 2 rings (SSSR count). The van der Waals surface area contributed by atoms with Gasteiger partial charge in [-0.3, -0.25) is 19.6 Å². The fraction of sp³-hybridized carbons (Fsp3) is 0.188. The quantitative estimate of drug-likeness (QED) is 0.604. The second-order valence-electron chi connectivity index (χ2n) is 5.24. The molecule has 2 aromatic rings. The number of benzene rings is 2. The third-order valence-corrected chi connectivity index (χ3v) is 4.86. The molecule has 0 spiro atoms. The molecule has 0 bridgehead atoms. The molecular formula is C16H17N3O5S. The van der Waals surface area contributed by atoms with Gasteiger partial charge in [0.05, 0.1) is 21.9 Å². The van der Waals surface area contributed by atoms with Crippen molar-refractivity contribution in [1.29, 1.82) is 0 Å². The first-order chi connectivity index (χ1) is 11.7. The van der Waals surface area contributed by atoms with Crippen LogP contribution < -0.4 is 10.0 Å². The highest BCUT2D eigenvalue weighted by Crippen LogP contribution is 2.25. The van der Waals surface area contributed by atoms with Gasteiger partial charge in [-0.1, -0.05) is 6.07 Å². The minimum absolute atomic E-state index is 0.0543. The molecular weight excluding hydrogens is 346 g/mol. The highest BCUT2D eigenvalue weighted by atomic mass is 32.2. The third-order valence-electron chi connectivity index (χ3n) is 3.55. The van der Waals surface area contributed by atoms with Crippen LogP contribution in [0.25, 0.3) is 0 Å². The van der Waals surface area contributed by atoms with Crippen molar-refractivity contribution in [3.05, 3.63) is 63.7 Å². The monoisotopic (exact) mass is 363 g/mol. The lowest BCUT2D eigenvalue weighted by molar-refractivity contribution is -0.385. The van der Waals surface area contributed by atoms with Gasteiger partial charge in [0, 0.05) is 17.3 Å². The molecule has 0 aliphatic heterocycles. The Balaban J connectivity index is 2.17. The number of nitro groups is 1. The van der Waals surface area contributed by atoms with Crippen molar-refractivity contribution in [3.8, 4) is 0 Å². The van der Waals surface area contributed by atoms with Gasteiger partial charge in [-0.05, 0) is 44.2 Å². The van der Waals surface area contributed by atoms with Crippen LogP contribution in [0.3, 0.4) is 0 Å². The van der Waals surface area contributed by atoms with Crippen LogP contribution in [-0.4, -0.2) is 25.0 Å². The Morgan fingerprint density at radius 3 is 2.36 bits per heavy atom. The molecule has 0 aliphatic rings. The van der Waals surface area contributed by atoms with E-state index < -0.39 is 20.9 Å². The van der Waals surface area contributed by atoms with Crippen LogP contribution in [0.5, 0.6) is 0 Å². The molecule has 0 saturated heterocycles. The lowest BCUT2D eigenvalue weighted by atomic mass is 10.1. The zero-order valence-electron chi connectivity index (χ0n) is 13.6. The average Bonchev–Trinajstić information content (AvgIpc) is 2.56. The molecule has 0 radical (unpaired) electrons. The van der Waals surface area contributed by atoms with Crippen molar-refractivity contribution in [2.24, 2.45) is 0 Å². The van der Waals surface area contributed by atoms with Crippen molar-refractivity contribution in [3.63, 3.8) is 0 Å². The summed E-state index contributed by atoms with van der Waals surface area (Å²) in [6, 6.07) is 10.3. The van der Waals surface area contributed by atoms with Gasteiger partial charge in [0.15, 0.2) is 0 Å². The van der Waals surface area contributed by atoms with Gasteiger partial charge in [-0.2, -0.15) is 0 Å². The van der Waals surface area contributed by atoms with E-state index in [1.165, 1.54) is 43.3 Å². The third kappa shape index (κ3) is 4.54. The van der Waals surface area contributed by atoms with E-state index in [-0.39, 0.29) is 11.4 Å². The number of carbonyl (C=O) groups is 1. The predicted octanol–water partition coefficient (Wildman–Crippen LogP) is 2.92. The smallest absolute Gasteiger partial charge is 0.274 e. The van der Waals surface area contributed by atoms with Crippen LogP contribution in [0, 0.1) is 17.0 Å². The zero-order chi connectivity index (χ0) is 18.6. The van der Waals surface area contributed by atoms with Crippen LogP contribution >= 0.6 is 0 Å². The van der Waals surface area contributed by atoms with Gasteiger partial charge in [0.2, 0.25) is 10.0 Å². The van der Waals surface area contributed by atoms with E-state index >= 15 is 0 Å². The highest BCUT2D eigenvalue weighted by Gasteiger charge is 2.15. The average molecular weight is 363 g/mol. The van der Waals surface area contributed by atoms with E-state index in [1.807, 2.05) is 0 Å². The number of nitro benzene ring substituents is 1. The van der Waals surface area contributed by atoms with Crippen molar-refractivity contribution in [1.82, 2.24) is 0 Å². The number of anilines is 2. The first-order valence-corrected chi connectivity index (χ1v) is 9.04. The maximum Gasteiger partial charge on any atom is 0.274 e. The van der Waals surface area contributed by atoms with Gasteiger partial charge < -0.3 is 5.32 Å². The molecule has 2 N–H and O–H groups in total. The number of amides is 1. The summed E-state index contributed by atoms with van der Waals surface area (Å²) in [5.41, 5.74) is 1.26. The summed E-state index contributed by atoms with van der Waals surface area (Å²) in [6.45, 7) is 3.07. The summed E-state index contributed by atoms with van der Waals surface area (Å²) in [5, 5.41) is 13.6. The predicted molar refractivity (Wildman–Crippen MR) is 95.3 cm³/mol. The molecule has 9 heteroatoms. The Morgan fingerprint density at radius 2 is 1.80 bits per heavy atom. The number of rotatable bonds is 6. The molecule has 8 nitrogen and oxygen atoms in total. The standard InChI is InChI=1S/C16H17N3O5S/c1-3-25(23,24)18-13-9-7-12(8-10-13)16(20)17-14-5-4-6-15(11(14)2)19(21)22/h4-10,18H,3H2,1-2H3,(H,17,20). The molecule has 0 atom stereocenters. The SMILES string of the molecule is CCS(=O)(=O)Nc1ccc(C(=O)Nc2cccc([N+](=O)[O-])c2C)cc1. The van der Waals surface area contributed by atoms with Gasteiger partial charge in [-0.15, -0.1) is 0 Å². The minimum Gasteiger partial charge on any atom is -0.321 e. The Labute approximate surface area is 145 Å². The van der Waals surface area contributed by atoms with Crippen molar-refractivity contribution >= 4 is 33.0 Å². The lowest BCUT2D eigenvalue weighted by Crippen LogP contribution is -2.15. The van der Waals surface area contributed by atoms with Crippen molar-refractivity contribution in [2.75, 3.05) is 15.8 Å².